The Kier molecular flexibility index (Phi) is 5.91. The third-order valence-corrected chi connectivity index (χ3v) is 5.85. The first-order valence-corrected chi connectivity index (χ1v) is 10.4. The fraction of sp³-hybridized carbons (Fsp3) is 0.120. The average Bonchev–Trinajstić information content (AvgIpc) is 3.23. The van der Waals surface area contributed by atoms with Crippen LogP contribution in [0, 0.1) is 6.92 Å². The molecule has 1 aromatic heterocycles. The Bertz CT molecular complexity index is 1100. The van der Waals surface area contributed by atoms with Gasteiger partial charge < -0.3 is 9.47 Å². The van der Waals surface area contributed by atoms with Crippen LogP contribution in [0.5, 0.6) is 11.5 Å². The summed E-state index contributed by atoms with van der Waals surface area (Å²) in [5.41, 5.74) is 5.28. The minimum atomic E-state index is 0.717. The molecular weight excluding hydrogens is 392 g/mol. The highest BCUT2D eigenvalue weighted by atomic mass is 32.1. The molecule has 0 saturated carbocycles. The van der Waals surface area contributed by atoms with Gasteiger partial charge in [0, 0.05) is 11.8 Å². The van der Waals surface area contributed by atoms with E-state index < -0.39 is 0 Å². The molecule has 0 saturated heterocycles. The molecule has 4 nitrogen and oxygen atoms in total. The van der Waals surface area contributed by atoms with Crippen LogP contribution in [-0.4, -0.2) is 25.4 Å². The van der Waals surface area contributed by atoms with Crippen LogP contribution in [0.1, 0.15) is 11.1 Å². The van der Waals surface area contributed by atoms with Gasteiger partial charge >= 0.3 is 0 Å². The van der Waals surface area contributed by atoms with Crippen molar-refractivity contribution in [1.29, 1.82) is 0 Å². The van der Waals surface area contributed by atoms with Crippen LogP contribution in [0.3, 0.4) is 0 Å². The summed E-state index contributed by atoms with van der Waals surface area (Å²) in [5.74, 6) is 1.64. The van der Waals surface area contributed by atoms with Crippen LogP contribution in [0.2, 0.25) is 0 Å². The Hall–Kier alpha value is -3.44. The fourth-order valence-electron chi connectivity index (χ4n) is 3.10. The van der Waals surface area contributed by atoms with Gasteiger partial charge in [-0.15, -0.1) is 0 Å². The highest BCUT2D eigenvalue weighted by Gasteiger charge is 2.15. The molecule has 0 fully saturated rings. The maximum Gasteiger partial charge on any atom is 0.210 e. The predicted octanol–water partition coefficient (Wildman–Crippen LogP) is 6.55. The van der Waals surface area contributed by atoms with Crippen LogP contribution in [0.25, 0.3) is 21.7 Å². The van der Waals surface area contributed by atoms with Crippen molar-refractivity contribution in [3.05, 3.63) is 83.9 Å². The number of ether oxygens (including phenoxy) is 2. The number of aromatic nitrogens is 1. The normalized spacial score (nSPS) is 11.0. The lowest BCUT2D eigenvalue weighted by Crippen LogP contribution is -1.86. The third-order valence-electron chi connectivity index (χ3n) is 4.83. The van der Waals surface area contributed by atoms with E-state index in [4.69, 9.17) is 14.5 Å². The molecule has 0 aliphatic carbocycles. The van der Waals surface area contributed by atoms with Crippen LogP contribution >= 0.6 is 11.3 Å². The number of methoxy groups -OCH3 is 2. The van der Waals surface area contributed by atoms with Crippen molar-refractivity contribution in [2.75, 3.05) is 14.2 Å². The first-order valence-electron chi connectivity index (χ1n) is 9.57. The number of thiazole rings is 1. The second-order valence-electron chi connectivity index (χ2n) is 6.75. The molecule has 1 heterocycles. The van der Waals surface area contributed by atoms with E-state index in [-0.39, 0.29) is 0 Å². The zero-order valence-corrected chi connectivity index (χ0v) is 17.9. The molecule has 30 heavy (non-hydrogen) atoms. The summed E-state index contributed by atoms with van der Waals surface area (Å²) in [5, 5.41) is 0.717. The summed E-state index contributed by atoms with van der Waals surface area (Å²) < 4.78 is 10.6. The molecule has 150 valence electrons. The zero-order valence-electron chi connectivity index (χ0n) is 17.1. The topological polar surface area (TPSA) is 43.7 Å². The molecule has 0 aliphatic rings. The van der Waals surface area contributed by atoms with Crippen LogP contribution < -0.4 is 9.47 Å². The van der Waals surface area contributed by atoms with Gasteiger partial charge in [0.2, 0.25) is 5.13 Å². The van der Waals surface area contributed by atoms with E-state index in [1.807, 2.05) is 66.9 Å². The van der Waals surface area contributed by atoms with E-state index in [2.05, 4.69) is 24.0 Å². The first kappa shape index (κ1) is 19.9. The van der Waals surface area contributed by atoms with Gasteiger partial charge in [0.1, 0.15) is 11.5 Å². The maximum absolute atomic E-state index is 5.30. The molecular formula is C25H22N2O2S. The molecule has 4 rings (SSSR count). The molecule has 0 spiro atoms. The highest BCUT2D eigenvalue weighted by Crippen LogP contribution is 2.40. The minimum absolute atomic E-state index is 0.717. The van der Waals surface area contributed by atoms with Crippen LogP contribution in [0.15, 0.2) is 77.8 Å². The van der Waals surface area contributed by atoms with Gasteiger partial charge in [0.15, 0.2) is 0 Å². The van der Waals surface area contributed by atoms with Crippen molar-refractivity contribution in [2.24, 2.45) is 4.99 Å². The van der Waals surface area contributed by atoms with E-state index in [0.717, 1.165) is 43.9 Å². The molecule has 0 atom stereocenters. The van der Waals surface area contributed by atoms with Crippen molar-refractivity contribution < 1.29 is 9.47 Å². The summed E-state index contributed by atoms with van der Waals surface area (Å²) >= 11 is 1.57. The van der Waals surface area contributed by atoms with E-state index in [0.29, 0.717) is 0 Å². The van der Waals surface area contributed by atoms with E-state index in [9.17, 15) is 0 Å². The third kappa shape index (κ3) is 4.26. The lowest BCUT2D eigenvalue weighted by molar-refractivity contribution is 0.414. The Balaban J connectivity index is 1.76. The number of nitrogens with zero attached hydrogens (tertiary/aromatic N) is 2. The van der Waals surface area contributed by atoms with Crippen molar-refractivity contribution >= 4 is 22.7 Å². The number of aryl methyl sites for hydroxylation is 1. The highest BCUT2D eigenvalue weighted by molar-refractivity contribution is 7.19. The summed E-state index contributed by atoms with van der Waals surface area (Å²) in [6.07, 6.45) is 1.88. The van der Waals surface area contributed by atoms with Crippen LogP contribution in [-0.2, 0) is 0 Å². The van der Waals surface area contributed by atoms with Gasteiger partial charge in [-0.2, -0.15) is 0 Å². The molecule has 0 N–H and O–H groups in total. The number of hydrogen-bond acceptors (Lipinski definition) is 5. The fourth-order valence-corrected chi connectivity index (χ4v) is 4.04. The monoisotopic (exact) mass is 414 g/mol. The average molecular weight is 415 g/mol. The Morgan fingerprint density at radius 2 is 1.40 bits per heavy atom. The number of aliphatic imine (C=N–C) groups is 1. The van der Waals surface area contributed by atoms with Crippen molar-refractivity contribution in [2.45, 2.75) is 6.92 Å². The standard InChI is InChI=1S/C25H22N2O2S/c1-17-6-4-5-7-20(17)16-26-25-27-23(18-8-12-21(28-2)13-9-18)24(30-25)19-10-14-22(29-3)15-11-19/h4-16H,1-3H3. The van der Waals surface area contributed by atoms with E-state index >= 15 is 0 Å². The largest absolute Gasteiger partial charge is 0.497 e. The second kappa shape index (κ2) is 8.93. The summed E-state index contributed by atoms with van der Waals surface area (Å²) in [6, 6.07) is 24.1. The van der Waals surface area contributed by atoms with Crippen molar-refractivity contribution in [3.8, 4) is 33.2 Å². The summed E-state index contributed by atoms with van der Waals surface area (Å²) in [7, 11) is 3.34. The number of rotatable bonds is 6. The molecule has 0 amide bonds. The number of benzene rings is 3. The van der Waals surface area contributed by atoms with Gasteiger partial charge in [0.25, 0.3) is 0 Å². The SMILES string of the molecule is COc1ccc(-c2nc(N=Cc3ccccc3C)sc2-c2ccc(OC)cc2)cc1. The smallest absolute Gasteiger partial charge is 0.210 e. The Labute approximate surface area is 180 Å². The molecule has 0 unspecified atom stereocenters. The van der Waals surface area contributed by atoms with Gasteiger partial charge in [-0.05, 0) is 72.1 Å². The molecule has 0 bridgehead atoms. The van der Waals surface area contributed by atoms with E-state index in [1.165, 1.54) is 5.56 Å². The first-order chi connectivity index (χ1) is 14.7. The van der Waals surface area contributed by atoms with E-state index in [1.54, 1.807) is 25.6 Å². The van der Waals surface area contributed by atoms with Gasteiger partial charge in [-0.25, -0.2) is 9.98 Å². The molecule has 0 aliphatic heterocycles. The maximum atomic E-state index is 5.30. The minimum Gasteiger partial charge on any atom is -0.497 e. The van der Waals surface area contributed by atoms with Crippen molar-refractivity contribution in [3.63, 3.8) is 0 Å². The molecule has 4 aromatic rings. The summed E-state index contributed by atoms with van der Waals surface area (Å²) in [6.45, 7) is 2.08. The number of hydrogen-bond donors (Lipinski definition) is 0. The quantitative estimate of drug-likeness (QED) is 0.336. The van der Waals surface area contributed by atoms with Gasteiger partial charge in [-0.1, -0.05) is 35.6 Å². The predicted molar refractivity (Wildman–Crippen MR) is 125 cm³/mol. The summed E-state index contributed by atoms with van der Waals surface area (Å²) in [4.78, 5) is 10.6. The second-order valence-corrected chi connectivity index (χ2v) is 7.72. The molecule has 0 radical (unpaired) electrons. The van der Waals surface area contributed by atoms with Crippen LogP contribution in [0.4, 0.5) is 5.13 Å². The lowest BCUT2D eigenvalue weighted by Gasteiger charge is -2.05. The van der Waals surface area contributed by atoms with Gasteiger partial charge in [-0.3, -0.25) is 0 Å². The zero-order chi connectivity index (χ0) is 20.9. The molecule has 5 heteroatoms. The van der Waals surface area contributed by atoms with Gasteiger partial charge in [0.05, 0.1) is 24.8 Å². The Morgan fingerprint density at radius 1 is 0.800 bits per heavy atom. The molecule has 3 aromatic carbocycles. The lowest BCUT2D eigenvalue weighted by atomic mass is 10.1. The Morgan fingerprint density at radius 3 is 2.00 bits per heavy atom. The van der Waals surface area contributed by atoms with Crippen molar-refractivity contribution in [1.82, 2.24) is 4.98 Å².